The monoisotopic (exact) mass is 257 g/mol. The molecule has 106 valence electrons. The molecule has 0 heterocycles. The van der Waals surface area contributed by atoms with Gasteiger partial charge in [0, 0.05) is 21.2 Å². The first-order valence-electron chi connectivity index (χ1n) is 6.37. The SMILES string of the molecule is CCC/C(C)=C/C(COC)NN(C)CC(=O)NC. The Bertz CT molecular complexity index is 267. The Kier molecular flexibility index (Phi) is 9.55. The Morgan fingerprint density at radius 1 is 1.50 bits per heavy atom. The van der Waals surface area contributed by atoms with Gasteiger partial charge in [0.2, 0.25) is 5.91 Å². The van der Waals surface area contributed by atoms with Gasteiger partial charge in [-0.3, -0.25) is 4.79 Å². The van der Waals surface area contributed by atoms with Crippen molar-refractivity contribution in [3.63, 3.8) is 0 Å². The lowest BCUT2D eigenvalue weighted by molar-refractivity contribution is -0.122. The van der Waals surface area contributed by atoms with E-state index in [1.54, 1.807) is 19.2 Å². The van der Waals surface area contributed by atoms with Crippen molar-refractivity contribution in [3.05, 3.63) is 11.6 Å². The van der Waals surface area contributed by atoms with Crippen molar-refractivity contribution in [2.45, 2.75) is 32.7 Å². The second-order valence-corrected chi connectivity index (χ2v) is 4.48. The summed E-state index contributed by atoms with van der Waals surface area (Å²) in [5.74, 6) is -0.0181. The third-order valence-corrected chi connectivity index (χ3v) is 2.52. The molecule has 0 aliphatic heterocycles. The van der Waals surface area contributed by atoms with Crippen LogP contribution in [0.3, 0.4) is 0 Å². The molecule has 0 aromatic heterocycles. The molecule has 5 heteroatoms. The second-order valence-electron chi connectivity index (χ2n) is 4.48. The van der Waals surface area contributed by atoms with E-state index in [1.165, 1.54) is 5.57 Å². The largest absolute Gasteiger partial charge is 0.383 e. The predicted molar refractivity (Wildman–Crippen MR) is 74.2 cm³/mol. The smallest absolute Gasteiger partial charge is 0.235 e. The van der Waals surface area contributed by atoms with Crippen LogP contribution in [0.25, 0.3) is 0 Å². The van der Waals surface area contributed by atoms with E-state index in [-0.39, 0.29) is 11.9 Å². The number of hydrazine groups is 1. The number of likely N-dealkylation sites (N-methyl/N-ethyl adjacent to an activating group) is 2. The second kappa shape index (κ2) is 10.1. The number of methoxy groups -OCH3 is 1. The van der Waals surface area contributed by atoms with E-state index in [1.807, 2.05) is 7.05 Å². The average molecular weight is 257 g/mol. The van der Waals surface area contributed by atoms with Gasteiger partial charge in [0.25, 0.3) is 0 Å². The van der Waals surface area contributed by atoms with Crippen LogP contribution in [0, 0.1) is 0 Å². The number of ether oxygens (including phenoxy) is 1. The van der Waals surface area contributed by atoms with Gasteiger partial charge in [-0.05, 0) is 13.3 Å². The Morgan fingerprint density at radius 3 is 2.67 bits per heavy atom. The third-order valence-electron chi connectivity index (χ3n) is 2.52. The quantitative estimate of drug-likeness (QED) is 0.476. The molecule has 18 heavy (non-hydrogen) atoms. The number of hydrogen-bond acceptors (Lipinski definition) is 4. The van der Waals surface area contributed by atoms with Crippen LogP contribution in [-0.2, 0) is 9.53 Å². The molecule has 0 aliphatic rings. The molecule has 0 spiro atoms. The first kappa shape index (κ1) is 17.1. The van der Waals surface area contributed by atoms with Crippen LogP contribution in [0.5, 0.6) is 0 Å². The van der Waals surface area contributed by atoms with Crippen LogP contribution in [-0.4, -0.2) is 51.3 Å². The van der Waals surface area contributed by atoms with Gasteiger partial charge in [-0.2, -0.15) is 0 Å². The summed E-state index contributed by atoms with van der Waals surface area (Å²) < 4.78 is 5.18. The fourth-order valence-corrected chi connectivity index (χ4v) is 1.75. The normalized spacial score (nSPS) is 13.8. The van der Waals surface area contributed by atoms with Crippen LogP contribution in [0.15, 0.2) is 11.6 Å². The molecule has 0 radical (unpaired) electrons. The zero-order chi connectivity index (χ0) is 14.0. The summed E-state index contributed by atoms with van der Waals surface area (Å²) in [4.78, 5) is 11.2. The highest BCUT2D eigenvalue weighted by Gasteiger charge is 2.10. The standard InChI is InChI=1S/C13H27N3O2/c1-6-7-11(2)8-12(10-18-5)15-16(4)9-13(17)14-3/h8,12,15H,6-7,9-10H2,1-5H3,(H,14,17)/b11-8+. The van der Waals surface area contributed by atoms with E-state index in [2.05, 4.69) is 30.7 Å². The molecule has 0 saturated heterocycles. The number of nitrogens with zero attached hydrogens (tertiary/aromatic N) is 1. The molecule has 0 rings (SSSR count). The lowest BCUT2D eigenvalue weighted by atomic mass is 10.1. The molecule has 1 atom stereocenters. The molecule has 2 N–H and O–H groups in total. The minimum atomic E-state index is -0.0181. The third kappa shape index (κ3) is 8.22. The Labute approximate surface area is 111 Å². The van der Waals surface area contributed by atoms with Crippen molar-refractivity contribution in [2.75, 3.05) is 34.4 Å². The van der Waals surface area contributed by atoms with E-state index >= 15 is 0 Å². The minimum Gasteiger partial charge on any atom is -0.383 e. The van der Waals surface area contributed by atoms with Crippen LogP contribution in [0.1, 0.15) is 26.7 Å². The highest BCUT2D eigenvalue weighted by molar-refractivity contribution is 5.77. The number of carbonyl (C=O) groups excluding carboxylic acids is 1. The fraction of sp³-hybridized carbons (Fsp3) is 0.769. The molecule has 0 saturated carbocycles. The molecular weight excluding hydrogens is 230 g/mol. The first-order chi connectivity index (χ1) is 8.53. The Morgan fingerprint density at radius 2 is 2.17 bits per heavy atom. The molecule has 0 aromatic rings. The average Bonchev–Trinajstić information content (AvgIpc) is 2.29. The van der Waals surface area contributed by atoms with Crippen LogP contribution in [0.4, 0.5) is 0 Å². The van der Waals surface area contributed by atoms with E-state index in [0.717, 1.165) is 12.8 Å². The number of hydrogen-bond donors (Lipinski definition) is 2. The van der Waals surface area contributed by atoms with E-state index in [9.17, 15) is 4.79 Å². The van der Waals surface area contributed by atoms with Gasteiger partial charge >= 0.3 is 0 Å². The number of carbonyl (C=O) groups is 1. The highest BCUT2D eigenvalue weighted by atomic mass is 16.5. The van der Waals surface area contributed by atoms with E-state index in [0.29, 0.717) is 13.2 Å². The maximum absolute atomic E-state index is 11.2. The summed E-state index contributed by atoms with van der Waals surface area (Å²) >= 11 is 0. The molecule has 0 bridgehead atoms. The maximum atomic E-state index is 11.2. The summed E-state index contributed by atoms with van der Waals surface area (Å²) in [6, 6.07) is 0.0937. The fourth-order valence-electron chi connectivity index (χ4n) is 1.75. The molecule has 1 unspecified atom stereocenters. The van der Waals surface area contributed by atoms with Gasteiger partial charge in [0.15, 0.2) is 0 Å². The summed E-state index contributed by atoms with van der Waals surface area (Å²) in [5.41, 5.74) is 4.58. The zero-order valence-corrected chi connectivity index (χ0v) is 12.2. The summed E-state index contributed by atoms with van der Waals surface area (Å²) in [5, 5.41) is 4.37. The number of rotatable bonds is 9. The van der Waals surface area contributed by atoms with Crippen LogP contribution in [0.2, 0.25) is 0 Å². The molecular formula is C13H27N3O2. The van der Waals surface area contributed by atoms with Crippen molar-refractivity contribution in [3.8, 4) is 0 Å². The van der Waals surface area contributed by atoms with Gasteiger partial charge in [-0.15, -0.1) is 0 Å². The van der Waals surface area contributed by atoms with Crippen molar-refractivity contribution in [2.24, 2.45) is 0 Å². The van der Waals surface area contributed by atoms with E-state index < -0.39 is 0 Å². The van der Waals surface area contributed by atoms with Gasteiger partial charge < -0.3 is 10.1 Å². The van der Waals surface area contributed by atoms with Gasteiger partial charge in [-0.1, -0.05) is 25.0 Å². The molecule has 0 aliphatic carbocycles. The van der Waals surface area contributed by atoms with Gasteiger partial charge in [0.1, 0.15) is 0 Å². The maximum Gasteiger partial charge on any atom is 0.235 e. The zero-order valence-electron chi connectivity index (χ0n) is 12.2. The van der Waals surface area contributed by atoms with Gasteiger partial charge in [-0.25, -0.2) is 10.4 Å². The van der Waals surface area contributed by atoms with E-state index in [4.69, 9.17) is 4.74 Å². The molecule has 5 nitrogen and oxygen atoms in total. The molecule has 1 amide bonds. The van der Waals surface area contributed by atoms with Gasteiger partial charge in [0.05, 0.1) is 19.2 Å². The number of amides is 1. The van der Waals surface area contributed by atoms with Crippen molar-refractivity contribution >= 4 is 5.91 Å². The van der Waals surface area contributed by atoms with Crippen molar-refractivity contribution in [1.82, 2.24) is 15.8 Å². The number of nitrogens with one attached hydrogen (secondary N) is 2. The Hall–Kier alpha value is -0.910. The first-order valence-corrected chi connectivity index (χ1v) is 6.37. The number of allylic oxidation sites excluding steroid dienone is 1. The van der Waals surface area contributed by atoms with Crippen molar-refractivity contribution in [1.29, 1.82) is 0 Å². The summed E-state index contributed by atoms with van der Waals surface area (Å²) in [6.07, 6.45) is 4.38. The summed E-state index contributed by atoms with van der Waals surface area (Å²) in [7, 11) is 5.16. The molecule has 0 fully saturated rings. The topological polar surface area (TPSA) is 53.6 Å². The van der Waals surface area contributed by atoms with Crippen molar-refractivity contribution < 1.29 is 9.53 Å². The Balaban J connectivity index is 4.33. The molecule has 0 aromatic carbocycles. The van der Waals surface area contributed by atoms with Crippen LogP contribution >= 0.6 is 0 Å². The lowest BCUT2D eigenvalue weighted by Gasteiger charge is -2.23. The lowest BCUT2D eigenvalue weighted by Crippen LogP contribution is -2.47. The minimum absolute atomic E-state index is 0.0181. The predicted octanol–water partition coefficient (Wildman–Crippen LogP) is 0.930. The highest BCUT2D eigenvalue weighted by Crippen LogP contribution is 2.05. The summed E-state index contributed by atoms with van der Waals surface area (Å²) in [6.45, 7) is 5.18. The van der Waals surface area contributed by atoms with Crippen LogP contribution < -0.4 is 10.7 Å².